The van der Waals surface area contributed by atoms with Crippen molar-refractivity contribution in [3.05, 3.63) is 24.3 Å². The van der Waals surface area contributed by atoms with Gasteiger partial charge in [0.05, 0.1) is 13.7 Å². The molecule has 0 aromatic heterocycles. The third kappa shape index (κ3) is 4.21. The first-order chi connectivity index (χ1) is 7.22. The Morgan fingerprint density at radius 2 is 2.33 bits per heavy atom. The van der Waals surface area contributed by atoms with E-state index in [1.165, 1.54) is 7.11 Å². The van der Waals surface area contributed by atoms with Crippen molar-refractivity contribution in [1.82, 2.24) is 5.32 Å². The highest BCUT2D eigenvalue weighted by Gasteiger charge is 1.97. The molecule has 1 aromatic rings. The summed E-state index contributed by atoms with van der Waals surface area (Å²) in [5, 5.41) is 2.50. The molecule has 0 saturated heterocycles. The zero-order valence-electron chi connectivity index (χ0n) is 8.53. The van der Waals surface area contributed by atoms with E-state index in [1.807, 2.05) is 0 Å². The zero-order valence-corrected chi connectivity index (χ0v) is 8.53. The number of ether oxygens (including phenoxy) is 2. The van der Waals surface area contributed by atoms with Gasteiger partial charge in [0.1, 0.15) is 12.4 Å². The number of amides is 1. The summed E-state index contributed by atoms with van der Waals surface area (Å²) in [6.07, 6.45) is -0.467. The molecule has 0 bridgehead atoms. The van der Waals surface area contributed by atoms with E-state index in [4.69, 9.17) is 10.5 Å². The summed E-state index contributed by atoms with van der Waals surface area (Å²) in [7, 11) is 1.31. The van der Waals surface area contributed by atoms with Crippen LogP contribution < -0.4 is 15.8 Å². The van der Waals surface area contributed by atoms with E-state index >= 15 is 0 Å². The van der Waals surface area contributed by atoms with Gasteiger partial charge in [-0.1, -0.05) is 6.07 Å². The molecule has 1 rings (SSSR count). The summed E-state index contributed by atoms with van der Waals surface area (Å²) in [6.45, 7) is 0.764. The number of rotatable bonds is 4. The summed E-state index contributed by atoms with van der Waals surface area (Å²) >= 11 is 0. The number of hydrogen-bond acceptors (Lipinski definition) is 4. The number of nitrogen functional groups attached to an aromatic ring is 1. The number of carbonyl (C=O) groups is 1. The number of methoxy groups -OCH3 is 1. The SMILES string of the molecule is COC(=O)NCCOc1cccc(N)c1. The van der Waals surface area contributed by atoms with Gasteiger partial charge in [0.25, 0.3) is 0 Å². The lowest BCUT2D eigenvalue weighted by atomic mass is 10.3. The molecule has 0 saturated carbocycles. The summed E-state index contributed by atoms with van der Waals surface area (Å²) in [4.78, 5) is 10.7. The van der Waals surface area contributed by atoms with E-state index in [0.717, 1.165) is 0 Å². The number of anilines is 1. The average molecular weight is 210 g/mol. The molecule has 0 atom stereocenters. The van der Waals surface area contributed by atoms with Crippen LogP contribution >= 0.6 is 0 Å². The van der Waals surface area contributed by atoms with Crippen molar-refractivity contribution in [2.75, 3.05) is 26.0 Å². The Hall–Kier alpha value is -1.91. The van der Waals surface area contributed by atoms with Crippen molar-refractivity contribution in [3.8, 4) is 5.75 Å². The smallest absolute Gasteiger partial charge is 0.406 e. The van der Waals surface area contributed by atoms with E-state index in [9.17, 15) is 4.79 Å². The number of nitrogens with one attached hydrogen (secondary N) is 1. The van der Waals surface area contributed by atoms with Crippen molar-refractivity contribution >= 4 is 11.8 Å². The van der Waals surface area contributed by atoms with Crippen LogP contribution in [0.25, 0.3) is 0 Å². The van der Waals surface area contributed by atoms with Gasteiger partial charge in [0, 0.05) is 11.8 Å². The van der Waals surface area contributed by atoms with Gasteiger partial charge in [-0.2, -0.15) is 0 Å². The number of alkyl carbamates (subject to hydrolysis) is 1. The van der Waals surface area contributed by atoms with E-state index < -0.39 is 6.09 Å². The molecule has 15 heavy (non-hydrogen) atoms. The van der Waals surface area contributed by atoms with Crippen LogP contribution in [0.3, 0.4) is 0 Å². The van der Waals surface area contributed by atoms with Gasteiger partial charge in [0.2, 0.25) is 0 Å². The van der Waals surface area contributed by atoms with Crippen molar-refractivity contribution in [1.29, 1.82) is 0 Å². The minimum absolute atomic E-state index is 0.374. The summed E-state index contributed by atoms with van der Waals surface area (Å²) in [5.74, 6) is 0.682. The first kappa shape index (κ1) is 11.2. The van der Waals surface area contributed by atoms with E-state index in [2.05, 4.69) is 10.1 Å². The fraction of sp³-hybridized carbons (Fsp3) is 0.300. The molecule has 82 valence electrons. The van der Waals surface area contributed by atoms with Crippen LogP contribution in [0.2, 0.25) is 0 Å². The predicted molar refractivity (Wildman–Crippen MR) is 56.8 cm³/mol. The second-order valence-electron chi connectivity index (χ2n) is 2.84. The number of benzene rings is 1. The fourth-order valence-corrected chi connectivity index (χ4v) is 0.998. The van der Waals surface area contributed by atoms with Gasteiger partial charge in [-0.3, -0.25) is 0 Å². The Morgan fingerprint density at radius 1 is 1.53 bits per heavy atom. The summed E-state index contributed by atoms with van der Waals surface area (Å²) in [5.41, 5.74) is 6.21. The van der Waals surface area contributed by atoms with Gasteiger partial charge >= 0.3 is 6.09 Å². The molecular weight excluding hydrogens is 196 g/mol. The quantitative estimate of drug-likeness (QED) is 0.574. The van der Waals surface area contributed by atoms with E-state index in [-0.39, 0.29) is 0 Å². The van der Waals surface area contributed by atoms with Crippen LogP contribution in [0.4, 0.5) is 10.5 Å². The third-order valence-electron chi connectivity index (χ3n) is 1.68. The maximum Gasteiger partial charge on any atom is 0.406 e. The monoisotopic (exact) mass is 210 g/mol. The molecule has 0 unspecified atom stereocenters. The number of carbonyl (C=O) groups excluding carboxylic acids is 1. The molecule has 5 heteroatoms. The highest BCUT2D eigenvalue weighted by Crippen LogP contribution is 2.13. The van der Waals surface area contributed by atoms with Crippen LogP contribution in [0, 0.1) is 0 Å². The average Bonchev–Trinajstić information content (AvgIpc) is 2.24. The molecule has 0 radical (unpaired) electrons. The van der Waals surface area contributed by atoms with Crippen LogP contribution in [-0.4, -0.2) is 26.4 Å². The summed E-state index contributed by atoms with van der Waals surface area (Å²) in [6, 6.07) is 7.10. The topological polar surface area (TPSA) is 73.6 Å². The van der Waals surface area contributed by atoms with Crippen LogP contribution in [0.5, 0.6) is 5.75 Å². The standard InChI is InChI=1S/C10H14N2O3/c1-14-10(13)12-5-6-15-9-4-2-3-8(11)7-9/h2-4,7H,5-6,11H2,1H3,(H,12,13). The van der Waals surface area contributed by atoms with E-state index in [1.54, 1.807) is 24.3 Å². The van der Waals surface area contributed by atoms with Crippen LogP contribution in [0.15, 0.2) is 24.3 Å². The Balaban J connectivity index is 2.23. The number of hydrogen-bond donors (Lipinski definition) is 2. The highest BCUT2D eigenvalue weighted by atomic mass is 16.5. The predicted octanol–water partition coefficient (Wildman–Crippen LogP) is 1.00. The minimum atomic E-state index is -0.467. The lowest BCUT2D eigenvalue weighted by Crippen LogP contribution is -2.27. The molecule has 0 aliphatic rings. The molecule has 0 aliphatic carbocycles. The lowest BCUT2D eigenvalue weighted by Gasteiger charge is -2.07. The summed E-state index contributed by atoms with van der Waals surface area (Å²) < 4.78 is 9.73. The van der Waals surface area contributed by atoms with E-state index in [0.29, 0.717) is 24.6 Å². The molecule has 5 nitrogen and oxygen atoms in total. The minimum Gasteiger partial charge on any atom is -0.492 e. The maximum atomic E-state index is 10.7. The molecule has 0 aliphatic heterocycles. The van der Waals surface area contributed by atoms with Gasteiger partial charge in [-0.25, -0.2) is 4.79 Å². The van der Waals surface area contributed by atoms with Gasteiger partial charge in [-0.15, -0.1) is 0 Å². The highest BCUT2D eigenvalue weighted by molar-refractivity contribution is 5.66. The third-order valence-corrected chi connectivity index (χ3v) is 1.68. The van der Waals surface area contributed by atoms with Crippen LogP contribution in [0.1, 0.15) is 0 Å². The normalized spacial score (nSPS) is 9.40. The lowest BCUT2D eigenvalue weighted by molar-refractivity contribution is 0.168. The van der Waals surface area contributed by atoms with Crippen molar-refractivity contribution in [3.63, 3.8) is 0 Å². The van der Waals surface area contributed by atoms with Crippen molar-refractivity contribution in [2.24, 2.45) is 0 Å². The Bertz CT molecular complexity index is 328. The van der Waals surface area contributed by atoms with Crippen LogP contribution in [-0.2, 0) is 4.74 Å². The molecule has 1 amide bonds. The largest absolute Gasteiger partial charge is 0.492 e. The van der Waals surface area contributed by atoms with Crippen molar-refractivity contribution in [2.45, 2.75) is 0 Å². The molecule has 0 spiro atoms. The maximum absolute atomic E-state index is 10.7. The Kier molecular flexibility index (Phi) is 4.28. The second kappa shape index (κ2) is 5.74. The van der Waals surface area contributed by atoms with Gasteiger partial charge in [0.15, 0.2) is 0 Å². The molecule has 3 N–H and O–H groups in total. The Labute approximate surface area is 88.2 Å². The fourth-order valence-electron chi connectivity index (χ4n) is 0.998. The van der Waals surface area contributed by atoms with Crippen molar-refractivity contribution < 1.29 is 14.3 Å². The van der Waals surface area contributed by atoms with Gasteiger partial charge in [-0.05, 0) is 12.1 Å². The molecule has 0 heterocycles. The second-order valence-corrected chi connectivity index (χ2v) is 2.84. The first-order valence-electron chi connectivity index (χ1n) is 4.52. The first-order valence-corrected chi connectivity index (χ1v) is 4.52. The molecular formula is C10H14N2O3. The number of nitrogens with two attached hydrogens (primary N) is 1. The molecule has 0 fully saturated rings. The Morgan fingerprint density at radius 3 is 3.00 bits per heavy atom. The van der Waals surface area contributed by atoms with Gasteiger partial charge < -0.3 is 20.5 Å². The zero-order chi connectivity index (χ0) is 11.1. The molecule has 1 aromatic carbocycles.